The van der Waals surface area contributed by atoms with E-state index in [9.17, 15) is 0 Å². The summed E-state index contributed by atoms with van der Waals surface area (Å²) in [5, 5.41) is 0. The number of rotatable bonds is 2. The van der Waals surface area contributed by atoms with Crippen LogP contribution in [0, 0.1) is 0 Å². The molecule has 0 amide bonds. The van der Waals surface area contributed by atoms with E-state index in [4.69, 9.17) is 4.74 Å². The lowest BCUT2D eigenvalue weighted by Crippen LogP contribution is -2.05. The summed E-state index contributed by atoms with van der Waals surface area (Å²) in [4.78, 5) is 0. The second kappa shape index (κ2) is 5.92. The Kier molecular flexibility index (Phi) is 3.63. The average Bonchev–Trinajstić information content (AvgIpc) is 2.79. The van der Waals surface area contributed by atoms with Crippen LogP contribution in [-0.4, -0.2) is 7.11 Å². The van der Waals surface area contributed by atoms with Crippen molar-refractivity contribution in [3.8, 4) is 5.75 Å². The number of aryl methyl sites for hydroxylation is 2. The van der Waals surface area contributed by atoms with Crippen molar-refractivity contribution in [2.45, 2.75) is 18.8 Å². The van der Waals surface area contributed by atoms with Gasteiger partial charge in [0.2, 0.25) is 0 Å². The summed E-state index contributed by atoms with van der Waals surface area (Å²) in [7, 11) is 1.71. The molecule has 3 aromatic carbocycles. The Morgan fingerprint density at radius 3 is 1.74 bits per heavy atom. The Labute approximate surface area is 137 Å². The number of benzene rings is 3. The molecule has 0 fully saturated rings. The molecule has 0 radical (unpaired) electrons. The lowest BCUT2D eigenvalue weighted by atomic mass is 9.83. The van der Waals surface area contributed by atoms with Crippen molar-refractivity contribution in [1.82, 2.24) is 0 Å². The highest BCUT2D eigenvalue weighted by atomic mass is 16.5. The van der Waals surface area contributed by atoms with E-state index in [0.717, 1.165) is 18.6 Å². The maximum atomic E-state index is 5.32. The fourth-order valence-corrected chi connectivity index (χ4v) is 3.68. The van der Waals surface area contributed by atoms with Crippen LogP contribution in [0.25, 0.3) is 0 Å². The molecule has 0 aromatic heterocycles. The number of hydrogen-bond acceptors (Lipinski definition) is 1. The van der Waals surface area contributed by atoms with Gasteiger partial charge in [0, 0.05) is 5.92 Å². The first-order valence-corrected chi connectivity index (χ1v) is 8.16. The van der Waals surface area contributed by atoms with Crippen LogP contribution in [0.3, 0.4) is 0 Å². The van der Waals surface area contributed by atoms with Gasteiger partial charge in [0.15, 0.2) is 0 Å². The normalized spacial score (nSPS) is 13.8. The molecule has 0 unspecified atom stereocenters. The second-order valence-corrected chi connectivity index (χ2v) is 6.10. The van der Waals surface area contributed by atoms with Crippen LogP contribution in [0.1, 0.15) is 33.7 Å². The van der Waals surface area contributed by atoms with Crippen molar-refractivity contribution in [2.75, 3.05) is 7.11 Å². The zero-order valence-corrected chi connectivity index (χ0v) is 13.3. The van der Waals surface area contributed by atoms with E-state index in [1.54, 1.807) is 7.11 Å². The quantitative estimate of drug-likeness (QED) is 0.649. The minimum absolute atomic E-state index is 0.302. The minimum Gasteiger partial charge on any atom is -0.497 e. The lowest BCUT2D eigenvalue weighted by molar-refractivity contribution is 0.414. The molecule has 0 saturated carbocycles. The highest BCUT2D eigenvalue weighted by molar-refractivity contribution is 5.51. The number of fused-ring (bicyclic) bond motifs is 2. The minimum atomic E-state index is 0.302. The maximum Gasteiger partial charge on any atom is 0.118 e. The number of methoxy groups -OCH3 is 1. The van der Waals surface area contributed by atoms with E-state index in [0.29, 0.717) is 5.92 Å². The molecule has 1 heteroatoms. The van der Waals surface area contributed by atoms with E-state index in [1.165, 1.54) is 27.8 Å². The molecule has 0 aliphatic heterocycles. The largest absolute Gasteiger partial charge is 0.497 e. The highest BCUT2D eigenvalue weighted by Crippen LogP contribution is 2.39. The third-order valence-corrected chi connectivity index (χ3v) is 4.85. The van der Waals surface area contributed by atoms with Crippen LogP contribution in [0.5, 0.6) is 5.75 Å². The van der Waals surface area contributed by atoms with Gasteiger partial charge in [-0.3, -0.25) is 0 Å². The SMILES string of the molecule is COc1ccc(C2c3ccccc3CCc3ccccc32)cc1. The summed E-state index contributed by atoms with van der Waals surface area (Å²) < 4.78 is 5.32. The molecular weight excluding hydrogens is 280 g/mol. The number of ether oxygens (including phenoxy) is 1. The molecule has 0 heterocycles. The van der Waals surface area contributed by atoms with Crippen molar-refractivity contribution >= 4 is 0 Å². The van der Waals surface area contributed by atoms with Gasteiger partial charge < -0.3 is 4.74 Å². The maximum absolute atomic E-state index is 5.32. The summed E-state index contributed by atoms with van der Waals surface area (Å²) in [6, 6.07) is 26.3. The molecule has 3 aromatic rings. The van der Waals surface area contributed by atoms with E-state index in [-0.39, 0.29) is 0 Å². The molecule has 1 aliphatic rings. The van der Waals surface area contributed by atoms with Crippen LogP contribution >= 0.6 is 0 Å². The smallest absolute Gasteiger partial charge is 0.118 e. The van der Waals surface area contributed by atoms with E-state index in [2.05, 4.69) is 72.8 Å². The summed E-state index contributed by atoms with van der Waals surface area (Å²) in [6.07, 6.45) is 2.22. The molecule has 114 valence electrons. The molecule has 23 heavy (non-hydrogen) atoms. The zero-order chi connectivity index (χ0) is 15.6. The molecule has 0 spiro atoms. The van der Waals surface area contributed by atoms with Crippen LogP contribution in [0.15, 0.2) is 72.8 Å². The monoisotopic (exact) mass is 300 g/mol. The highest BCUT2D eigenvalue weighted by Gasteiger charge is 2.24. The van der Waals surface area contributed by atoms with E-state index < -0.39 is 0 Å². The first-order valence-electron chi connectivity index (χ1n) is 8.16. The molecule has 0 atom stereocenters. The fraction of sp³-hybridized carbons (Fsp3) is 0.182. The van der Waals surface area contributed by atoms with Crippen molar-refractivity contribution < 1.29 is 4.74 Å². The van der Waals surface area contributed by atoms with Crippen molar-refractivity contribution in [2.24, 2.45) is 0 Å². The lowest BCUT2D eigenvalue weighted by Gasteiger charge is -2.21. The Balaban J connectivity index is 1.92. The first kappa shape index (κ1) is 14.1. The summed E-state index contributed by atoms with van der Waals surface area (Å²) >= 11 is 0. The van der Waals surface area contributed by atoms with Gasteiger partial charge in [0.1, 0.15) is 5.75 Å². The van der Waals surface area contributed by atoms with Crippen molar-refractivity contribution in [3.05, 3.63) is 101 Å². The predicted molar refractivity (Wildman–Crippen MR) is 94.2 cm³/mol. The van der Waals surface area contributed by atoms with Crippen molar-refractivity contribution in [3.63, 3.8) is 0 Å². The van der Waals surface area contributed by atoms with E-state index in [1.807, 2.05) is 0 Å². The molecule has 0 N–H and O–H groups in total. The fourth-order valence-electron chi connectivity index (χ4n) is 3.68. The third kappa shape index (κ3) is 2.53. The Bertz CT molecular complexity index is 770. The van der Waals surface area contributed by atoms with Crippen molar-refractivity contribution in [1.29, 1.82) is 0 Å². The third-order valence-electron chi connectivity index (χ3n) is 4.85. The Morgan fingerprint density at radius 2 is 1.22 bits per heavy atom. The van der Waals surface area contributed by atoms with Crippen LogP contribution in [-0.2, 0) is 12.8 Å². The van der Waals surface area contributed by atoms with Gasteiger partial charge >= 0.3 is 0 Å². The van der Waals surface area contributed by atoms with Crippen LogP contribution < -0.4 is 4.74 Å². The van der Waals surface area contributed by atoms with E-state index >= 15 is 0 Å². The van der Waals surface area contributed by atoms with Crippen LogP contribution in [0.2, 0.25) is 0 Å². The van der Waals surface area contributed by atoms with Gasteiger partial charge in [-0.05, 0) is 52.8 Å². The second-order valence-electron chi connectivity index (χ2n) is 6.10. The van der Waals surface area contributed by atoms with Gasteiger partial charge in [-0.15, -0.1) is 0 Å². The molecular formula is C22H20O. The first-order chi connectivity index (χ1) is 11.4. The van der Waals surface area contributed by atoms with Crippen LogP contribution in [0.4, 0.5) is 0 Å². The standard InChI is InChI=1S/C22H20O/c1-23-19-14-12-18(13-15-19)22-20-8-4-2-6-16(20)10-11-17-7-3-5-9-21(17)22/h2-9,12-15,22H,10-11H2,1H3. The summed E-state index contributed by atoms with van der Waals surface area (Å²) in [5.41, 5.74) is 7.12. The summed E-state index contributed by atoms with van der Waals surface area (Å²) in [6.45, 7) is 0. The molecule has 0 bridgehead atoms. The topological polar surface area (TPSA) is 9.23 Å². The van der Waals surface area contributed by atoms with Gasteiger partial charge in [0.25, 0.3) is 0 Å². The number of hydrogen-bond donors (Lipinski definition) is 0. The van der Waals surface area contributed by atoms with Gasteiger partial charge in [-0.2, -0.15) is 0 Å². The molecule has 0 saturated heterocycles. The van der Waals surface area contributed by atoms with Gasteiger partial charge in [-0.1, -0.05) is 60.7 Å². The van der Waals surface area contributed by atoms with Gasteiger partial charge in [0.05, 0.1) is 7.11 Å². The molecule has 1 nitrogen and oxygen atoms in total. The predicted octanol–water partition coefficient (Wildman–Crippen LogP) is 4.97. The summed E-state index contributed by atoms with van der Waals surface area (Å²) in [5.74, 6) is 1.21. The zero-order valence-electron chi connectivity index (χ0n) is 13.3. The Hall–Kier alpha value is -2.54. The molecule has 1 aliphatic carbocycles. The Morgan fingerprint density at radius 1 is 0.696 bits per heavy atom. The average molecular weight is 300 g/mol. The molecule has 4 rings (SSSR count). The van der Waals surface area contributed by atoms with Gasteiger partial charge in [-0.25, -0.2) is 0 Å².